The van der Waals surface area contributed by atoms with E-state index in [1.54, 1.807) is 39.0 Å². The molecule has 1 N–H and O–H groups in total. The Labute approximate surface area is 112 Å². The maximum Gasteiger partial charge on any atom is 0.408 e. The highest BCUT2D eigenvalue weighted by atomic mass is 16.6. The summed E-state index contributed by atoms with van der Waals surface area (Å²) in [4.78, 5) is 15.3. The van der Waals surface area contributed by atoms with Crippen LogP contribution in [0.3, 0.4) is 0 Å². The second-order valence-electron chi connectivity index (χ2n) is 4.68. The first kappa shape index (κ1) is 14.5. The number of rotatable bonds is 1. The Bertz CT molecular complexity index is 557. The van der Waals surface area contributed by atoms with E-state index in [-0.39, 0.29) is 6.54 Å². The van der Waals surface area contributed by atoms with Crippen molar-refractivity contribution < 1.29 is 9.53 Å². The van der Waals surface area contributed by atoms with Gasteiger partial charge in [0.05, 0.1) is 6.54 Å². The molecule has 1 aromatic heterocycles. The van der Waals surface area contributed by atoms with E-state index in [1.807, 2.05) is 6.07 Å². The molecule has 5 heteroatoms. The number of amides is 1. The molecule has 1 heterocycles. The average Bonchev–Trinajstić information content (AvgIpc) is 2.33. The van der Waals surface area contributed by atoms with E-state index < -0.39 is 11.7 Å². The number of nitrogens with one attached hydrogen (secondary N) is 1. The first-order valence-corrected chi connectivity index (χ1v) is 5.73. The van der Waals surface area contributed by atoms with Crippen molar-refractivity contribution in [2.24, 2.45) is 0 Å². The molecule has 0 radical (unpaired) electrons. The third-order valence-electron chi connectivity index (χ3n) is 1.80. The first-order chi connectivity index (χ1) is 8.90. The summed E-state index contributed by atoms with van der Waals surface area (Å²) in [7, 11) is 0. The van der Waals surface area contributed by atoms with E-state index in [1.165, 1.54) is 0 Å². The molecular weight excluding hydrogens is 242 g/mol. The molecule has 0 saturated carbocycles. The molecule has 0 bridgehead atoms. The number of nitrogens with zero attached hydrogens (tertiary/aromatic N) is 2. The minimum absolute atomic E-state index is 0.160. The standard InChI is InChI=1S/C14H15N3O2/c1-14(2,3)19-13(18)16-9-5-8-11-6-4-7-12(10-15)17-11/h4,6-7H,9H2,1-3H3,(H,16,18). The van der Waals surface area contributed by atoms with Gasteiger partial charge >= 0.3 is 6.09 Å². The van der Waals surface area contributed by atoms with Crippen molar-refractivity contribution in [2.45, 2.75) is 26.4 Å². The van der Waals surface area contributed by atoms with Crippen molar-refractivity contribution in [3.63, 3.8) is 0 Å². The summed E-state index contributed by atoms with van der Waals surface area (Å²) in [6.45, 7) is 5.52. The van der Waals surface area contributed by atoms with E-state index in [9.17, 15) is 4.79 Å². The quantitative estimate of drug-likeness (QED) is 0.779. The van der Waals surface area contributed by atoms with E-state index in [4.69, 9.17) is 10.00 Å². The lowest BCUT2D eigenvalue weighted by Gasteiger charge is -2.18. The van der Waals surface area contributed by atoms with Crippen LogP contribution < -0.4 is 5.32 Å². The minimum Gasteiger partial charge on any atom is -0.444 e. The number of nitriles is 1. The van der Waals surface area contributed by atoms with Gasteiger partial charge in [0, 0.05) is 0 Å². The highest BCUT2D eigenvalue weighted by Gasteiger charge is 2.14. The Hall–Kier alpha value is -2.53. The second-order valence-corrected chi connectivity index (χ2v) is 4.68. The van der Waals surface area contributed by atoms with Crippen molar-refractivity contribution in [3.05, 3.63) is 29.6 Å². The van der Waals surface area contributed by atoms with Gasteiger partial charge in [-0.15, -0.1) is 0 Å². The van der Waals surface area contributed by atoms with Crippen LogP contribution in [0.5, 0.6) is 0 Å². The first-order valence-electron chi connectivity index (χ1n) is 5.73. The Kier molecular flexibility index (Phi) is 4.91. The number of hydrogen-bond donors (Lipinski definition) is 1. The average molecular weight is 257 g/mol. The number of carbonyl (C=O) groups excluding carboxylic acids is 1. The van der Waals surface area contributed by atoms with Gasteiger partial charge in [0.25, 0.3) is 0 Å². The zero-order valence-electron chi connectivity index (χ0n) is 11.2. The predicted octanol–water partition coefficient (Wildman–Crippen LogP) is 1.83. The fraction of sp³-hybridized carbons (Fsp3) is 0.357. The third kappa shape index (κ3) is 6.09. The van der Waals surface area contributed by atoms with E-state index in [0.717, 1.165) is 0 Å². The molecule has 0 fully saturated rings. The smallest absolute Gasteiger partial charge is 0.408 e. The number of pyridine rings is 1. The Morgan fingerprint density at radius 3 is 2.74 bits per heavy atom. The van der Waals surface area contributed by atoms with E-state index >= 15 is 0 Å². The molecule has 1 aromatic rings. The van der Waals surface area contributed by atoms with E-state index in [2.05, 4.69) is 22.1 Å². The maximum atomic E-state index is 11.3. The maximum absolute atomic E-state index is 11.3. The number of alkyl carbamates (subject to hydrolysis) is 1. The molecular formula is C14H15N3O2. The summed E-state index contributed by atoms with van der Waals surface area (Å²) in [6.07, 6.45) is -0.513. The third-order valence-corrected chi connectivity index (χ3v) is 1.80. The topological polar surface area (TPSA) is 75.0 Å². The minimum atomic E-state index is -0.528. The molecule has 0 atom stereocenters. The predicted molar refractivity (Wildman–Crippen MR) is 70.1 cm³/mol. The van der Waals surface area contributed by atoms with Crippen molar-refractivity contribution in [3.8, 4) is 17.9 Å². The zero-order chi connectivity index (χ0) is 14.3. The van der Waals surface area contributed by atoms with Gasteiger partial charge in [-0.2, -0.15) is 5.26 Å². The number of hydrogen-bond acceptors (Lipinski definition) is 4. The van der Waals surface area contributed by atoms with Crippen LogP contribution in [-0.4, -0.2) is 23.2 Å². The van der Waals surface area contributed by atoms with Crippen LogP contribution in [-0.2, 0) is 4.74 Å². The summed E-state index contributed by atoms with van der Waals surface area (Å²) in [5.74, 6) is 5.49. The van der Waals surface area contributed by atoms with Crippen molar-refractivity contribution in [2.75, 3.05) is 6.54 Å². The number of carbonyl (C=O) groups is 1. The Balaban J connectivity index is 2.48. The van der Waals surface area contributed by atoms with Gasteiger partial charge in [0.1, 0.15) is 23.1 Å². The molecule has 98 valence electrons. The largest absolute Gasteiger partial charge is 0.444 e. The van der Waals surface area contributed by atoms with E-state index in [0.29, 0.717) is 11.4 Å². The lowest BCUT2D eigenvalue weighted by Crippen LogP contribution is -2.32. The highest BCUT2D eigenvalue weighted by molar-refractivity contribution is 5.68. The van der Waals surface area contributed by atoms with Gasteiger partial charge in [-0.3, -0.25) is 0 Å². The van der Waals surface area contributed by atoms with Gasteiger partial charge in [0.2, 0.25) is 0 Å². The van der Waals surface area contributed by atoms with Crippen LogP contribution in [0.15, 0.2) is 18.2 Å². The molecule has 0 aromatic carbocycles. The summed E-state index contributed by atoms with van der Waals surface area (Å²) >= 11 is 0. The lowest BCUT2D eigenvalue weighted by atomic mass is 10.2. The van der Waals surface area contributed by atoms with Gasteiger partial charge < -0.3 is 10.1 Å². The zero-order valence-corrected chi connectivity index (χ0v) is 11.2. The molecule has 0 unspecified atom stereocenters. The molecule has 1 amide bonds. The van der Waals surface area contributed by atoms with Crippen LogP contribution in [0.25, 0.3) is 0 Å². The lowest BCUT2D eigenvalue weighted by molar-refractivity contribution is 0.0535. The van der Waals surface area contributed by atoms with Gasteiger partial charge in [-0.05, 0) is 38.8 Å². The van der Waals surface area contributed by atoms with Crippen LogP contribution >= 0.6 is 0 Å². The van der Waals surface area contributed by atoms with Gasteiger partial charge in [0.15, 0.2) is 0 Å². The van der Waals surface area contributed by atoms with Crippen molar-refractivity contribution in [1.82, 2.24) is 10.3 Å². The fourth-order valence-electron chi connectivity index (χ4n) is 1.13. The molecule has 1 rings (SSSR count). The molecule has 0 spiro atoms. The summed E-state index contributed by atoms with van der Waals surface area (Å²) in [5.41, 5.74) is 0.275. The molecule has 19 heavy (non-hydrogen) atoms. The Morgan fingerprint density at radius 2 is 2.11 bits per heavy atom. The Morgan fingerprint density at radius 1 is 1.42 bits per heavy atom. The fourth-order valence-corrected chi connectivity index (χ4v) is 1.13. The number of ether oxygens (including phenoxy) is 1. The van der Waals surface area contributed by atoms with Crippen molar-refractivity contribution >= 4 is 6.09 Å². The van der Waals surface area contributed by atoms with Gasteiger partial charge in [-0.25, -0.2) is 9.78 Å². The molecule has 0 saturated heterocycles. The van der Waals surface area contributed by atoms with Crippen LogP contribution in [0, 0.1) is 23.2 Å². The molecule has 0 aliphatic rings. The summed E-state index contributed by atoms with van der Waals surface area (Å²) in [5, 5.41) is 11.2. The SMILES string of the molecule is CC(C)(C)OC(=O)NCC#Cc1cccc(C#N)n1. The van der Waals surface area contributed by atoms with Crippen molar-refractivity contribution in [1.29, 1.82) is 5.26 Å². The highest BCUT2D eigenvalue weighted by Crippen LogP contribution is 2.05. The summed E-state index contributed by atoms with van der Waals surface area (Å²) < 4.78 is 5.05. The molecule has 0 aliphatic heterocycles. The van der Waals surface area contributed by atoms with Crippen LogP contribution in [0.2, 0.25) is 0 Å². The molecule has 5 nitrogen and oxygen atoms in total. The van der Waals surface area contributed by atoms with Crippen LogP contribution in [0.4, 0.5) is 4.79 Å². The molecule has 0 aliphatic carbocycles. The number of aromatic nitrogens is 1. The monoisotopic (exact) mass is 257 g/mol. The summed E-state index contributed by atoms with van der Waals surface area (Å²) in [6, 6.07) is 6.94. The van der Waals surface area contributed by atoms with Gasteiger partial charge in [-0.1, -0.05) is 12.0 Å². The normalized spacial score (nSPS) is 9.79. The second kappa shape index (κ2) is 6.42. The van der Waals surface area contributed by atoms with Crippen LogP contribution in [0.1, 0.15) is 32.2 Å².